The topological polar surface area (TPSA) is 85.4 Å². The number of amides is 1. The first-order valence-electron chi connectivity index (χ1n) is 8.70. The maximum Gasteiger partial charge on any atom is 0.275 e. The third-order valence-corrected chi connectivity index (χ3v) is 4.31. The maximum absolute atomic E-state index is 12.4. The number of hydrogen-bond donors (Lipinski definition) is 2. The fourth-order valence-electron chi connectivity index (χ4n) is 2.59. The Balaban J connectivity index is 1.69. The monoisotopic (exact) mass is 378 g/mol. The van der Waals surface area contributed by atoms with Crippen LogP contribution >= 0.6 is 0 Å². The summed E-state index contributed by atoms with van der Waals surface area (Å²) in [4.78, 5) is 20.8. The number of ether oxygens (including phenoxy) is 2. The summed E-state index contributed by atoms with van der Waals surface area (Å²) in [6, 6.07) is 11.2. The normalized spacial score (nSPS) is 10.3. The van der Waals surface area contributed by atoms with Crippen molar-refractivity contribution in [2.24, 2.45) is 0 Å². The molecule has 0 fully saturated rings. The Hall–Kier alpha value is -3.61. The fraction of sp³-hybridized carbons (Fsp3) is 0.190. The molecule has 0 saturated carbocycles. The minimum atomic E-state index is -0.312. The zero-order valence-electron chi connectivity index (χ0n) is 16.2. The molecule has 0 unspecified atom stereocenters. The molecule has 3 rings (SSSR count). The number of aryl methyl sites for hydroxylation is 2. The number of methoxy groups -OCH3 is 2. The van der Waals surface area contributed by atoms with Crippen molar-refractivity contribution in [3.05, 3.63) is 65.6 Å². The van der Waals surface area contributed by atoms with Crippen molar-refractivity contribution in [1.82, 2.24) is 9.97 Å². The molecule has 0 radical (unpaired) electrons. The lowest BCUT2D eigenvalue weighted by Crippen LogP contribution is -2.14. The smallest absolute Gasteiger partial charge is 0.275 e. The van der Waals surface area contributed by atoms with Gasteiger partial charge in [0.2, 0.25) is 0 Å². The summed E-state index contributed by atoms with van der Waals surface area (Å²) in [7, 11) is 3.16. The molecule has 2 aromatic carbocycles. The predicted molar refractivity (Wildman–Crippen MR) is 109 cm³/mol. The number of nitrogens with zero attached hydrogens (tertiary/aromatic N) is 2. The number of anilines is 3. The van der Waals surface area contributed by atoms with Gasteiger partial charge in [0.05, 0.1) is 26.6 Å². The molecular weight excluding hydrogens is 356 g/mol. The second-order valence-corrected chi connectivity index (χ2v) is 6.23. The SMILES string of the molecule is COc1ccc(Nc2cnc(C(=O)Nc3ccc(C)c(C)c3)cn2)cc1OC. The molecule has 0 bridgehead atoms. The molecule has 0 spiro atoms. The van der Waals surface area contributed by atoms with Gasteiger partial charge in [-0.2, -0.15) is 0 Å². The van der Waals surface area contributed by atoms with Crippen LogP contribution in [0, 0.1) is 13.8 Å². The van der Waals surface area contributed by atoms with Crippen molar-refractivity contribution < 1.29 is 14.3 Å². The van der Waals surface area contributed by atoms with E-state index in [9.17, 15) is 4.79 Å². The van der Waals surface area contributed by atoms with E-state index in [0.717, 1.165) is 16.9 Å². The number of aromatic nitrogens is 2. The summed E-state index contributed by atoms with van der Waals surface area (Å²) >= 11 is 0. The van der Waals surface area contributed by atoms with Gasteiger partial charge in [-0.05, 0) is 49.2 Å². The van der Waals surface area contributed by atoms with Crippen LogP contribution in [0.3, 0.4) is 0 Å². The van der Waals surface area contributed by atoms with Gasteiger partial charge in [0.25, 0.3) is 5.91 Å². The maximum atomic E-state index is 12.4. The molecule has 28 heavy (non-hydrogen) atoms. The van der Waals surface area contributed by atoms with E-state index < -0.39 is 0 Å². The highest BCUT2D eigenvalue weighted by molar-refractivity contribution is 6.02. The van der Waals surface area contributed by atoms with Gasteiger partial charge in [-0.15, -0.1) is 0 Å². The minimum absolute atomic E-state index is 0.232. The van der Waals surface area contributed by atoms with Crippen LogP contribution < -0.4 is 20.1 Å². The van der Waals surface area contributed by atoms with Crippen LogP contribution in [-0.2, 0) is 0 Å². The molecule has 7 nitrogen and oxygen atoms in total. The van der Waals surface area contributed by atoms with Gasteiger partial charge in [0, 0.05) is 17.4 Å². The standard InChI is InChI=1S/C21H22N4O3/c1-13-5-6-15(9-14(13)2)25-21(26)17-11-23-20(12-22-17)24-16-7-8-18(27-3)19(10-16)28-4/h5-12H,1-4H3,(H,23,24)(H,25,26). The van der Waals surface area contributed by atoms with E-state index in [4.69, 9.17) is 9.47 Å². The summed E-state index contributed by atoms with van der Waals surface area (Å²) in [5.74, 6) is 1.44. The number of hydrogen-bond acceptors (Lipinski definition) is 6. The van der Waals surface area contributed by atoms with Gasteiger partial charge in [-0.25, -0.2) is 9.97 Å². The van der Waals surface area contributed by atoms with Crippen LogP contribution in [0.1, 0.15) is 21.6 Å². The number of benzene rings is 2. The number of nitrogens with one attached hydrogen (secondary N) is 2. The molecule has 1 heterocycles. The van der Waals surface area contributed by atoms with Crippen LogP contribution in [0.4, 0.5) is 17.2 Å². The Kier molecular flexibility index (Phi) is 5.74. The van der Waals surface area contributed by atoms with E-state index in [1.54, 1.807) is 26.4 Å². The van der Waals surface area contributed by atoms with Gasteiger partial charge in [0.1, 0.15) is 11.5 Å². The molecule has 1 amide bonds. The summed E-state index contributed by atoms with van der Waals surface area (Å²) in [6.07, 6.45) is 2.94. The van der Waals surface area contributed by atoms with Crippen molar-refractivity contribution in [2.45, 2.75) is 13.8 Å². The highest BCUT2D eigenvalue weighted by Crippen LogP contribution is 2.30. The lowest BCUT2D eigenvalue weighted by Gasteiger charge is -2.11. The second kappa shape index (κ2) is 8.39. The van der Waals surface area contributed by atoms with Crippen LogP contribution in [0.2, 0.25) is 0 Å². The Bertz CT molecular complexity index is 987. The largest absolute Gasteiger partial charge is 0.493 e. The predicted octanol–water partition coefficient (Wildman–Crippen LogP) is 4.11. The molecule has 0 aliphatic heterocycles. The molecule has 1 aromatic heterocycles. The van der Waals surface area contributed by atoms with Crippen LogP contribution in [-0.4, -0.2) is 30.1 Å². The van der Waals surface area contributed by atoms with Crippen molar-refractivity contribution in [3.63, 3.8) is 0 Å². The zero-order valence-corrected chi connectivity index (χ0v) is 16.2. The van der Waals surface area contributed by atoms with Gasteiger partial charge < -0.3 is 20.1 Å². The third kappa shape index (κ3) is 4.37. The quantitative estimate of drug-likeness (QED) is 0.671. The first kappa shape index (κ1) is 19.2. The van der Waals surface area contributed by atoms with E-state index in [1.807, 2.05) is 38.1 Å². The van der Waals surface area contributed by atoms with Crippen LogP contribution in [0.15, 0.2) is 48.8 Å². The number of carbonyl (C=O) groups excluding carboxylic acids is 1. The van der Waals surface area contributed by atoms with Gasteiger partial charge >= 0.3 is 0 Å². The molecular formula is C21H22N4O3. The van der Waals surface area contributed by atoms with Crippen LogP contribution in [0.25, 0.3) is 0 Å². The average molecular weight is 378 g/mol. The number of carbonyl (C=O) groups is 1. The van der Waals surface area contributed by atoms with Crippen molar-refractivity contribution in [3.8, 4) is 11.5 Å². The summed E-state index contributed by atoms with van der Waals surface area (Å²) in [5.41, 5.74) is 4.00. The Labute approximate surface area is 163 Å². The van der Waals surface area contributed by atoms with E-state index in [-0.39, 0.29) is 11.6 Å². The minimum Gasteiger partial charge on any atom is -0.493 e. The first-order valence-corrected chi connectivity index (χ1v) is 8.70. The molecule has 0 atom stereocenters. The molecule has 0 aliphatic rings. The van der Waals surface area contributed by atoms with Gasteiger partial charge in [0.15, 0.2) is 11.5 Å². The molecule has 3 aromatic rings. The van der Waals surface area contributed by atoms with E-state index in [0.29, 0.717) is 17.3 Å². The lowest BCUT2D eigenvalue weighted by molar-refractivity contribution is 0.102. The Morgan fingerprint density at radius 2 is 1.61 bits per heavy atom. The summed E-state index contributed by atoms with van der Waals surface area (Å²) in [6.45, 7) is 4.02. The summed E-state index contributed by atoms with van der Waals surface area (Å²) in [5, 5.41) is 5.95. The molecule has 0 saturated heterocycles. The van der Waals surface area contributed by atoms with E-state index in [1.165, 1.54) is 18.0 Å². The Morgan fingerprint density at radius 3 is 2.25 bits per heavy atom. The van der Waals surface area contributed by atoms with E-state index >= 15 is 0 Å². The van der Waals surface area contributed by atoms with Crippen molar-refractivity contribution in [2.75, 3.05) is 24.9 Å². The second-order valence-electron chi connectivity index (χ2n) is 6.23. The molecule has 144 valence electrons. The van der Waals surface area contributed by atoms with E-state index in [2.05, 4.69) is 20.6 Å². The lowest BCUT2D eigenvalue weighted by atomic mass is 10.1. The first-order chi connectivity index (χ1) is 13.5. The average Bonchev–Trinajstić information content (AvgIpc) is 2.71. The molecule has 0 aliphatic carbocycles. The highest BCUT2D eigenvalue weighted by atomic mass is 16.5. The van der Waals surface area contributed by atoms with Crippen molar-refractivity contribution >= 4 is 23.1 Å². The van der Waals surface area contributed by atoms with Crippen molar-refractivity contribution in [1.29, 1.82) is 0 Å². The zero-order chi connectivity index (χ0) is 20.1. The molecule has 2 N–H and O–H groups in total. The highest BCUT2D eigenvalue weighted by Gasteiger charge is 2.10. The van der Waals surface area contributed by atoms with Gasteiger partial charge in [-0.3, -0.25) is 4.79 Å². The number of rotatable bonds is 6. The van der Waals surface area contributed by atoms with Gasteiger partial charge in [-0.1, -0.05) is 6.07 Å². The third-order valence-electron chi connectivity index (χ3n) is 4.31. The fourth-order valence-corrected chi connectivity index (χ4v) is 2.59. The Morgan fingerprint density at radius 1 is 0.857 bits per heavy atom. The summed E-state index contributed by atoms with van der Waals surface area (Å²) < 4.78 is 10.5. The van der Waals surface area contributed by atoms with Crippen LogP contribution in [0.5, 0.6) is 11.5 Å². The molecule has 7 heteroatoms.